The Morgan fingerprint density at radius 1 is 1.36 bits per heavy atom. The summed E-state index contributed by atoms with van der Waals surface area (Å²) in [5.41, 5.74) is 2.44. The maximum atomic E-state index is 13.3. The number of anilines is 1. The molecule has 5 atom stereocenters. The summed E-state index contributed by atoms with van der Waals surface area (Å²) in [6, 6.07) is 8.41. The highest BCUT2D eigenvalue weighted by Gasteiger charge is 2.63. The van der Waals surface area contributed by atoms with Crippen molar-refractivity contribution in [3.63, 3.8) is 0 Å². The zero-order valence-corrected chi connectivity index (χ0v) is 14.5. The second kappa shape index (κ2) is 4.94. The normalized spacial score (nSPS) is 38.2. The fraction of sp³-hybridized carbons (Fsp3) is 0.500. The number of ketones is 1. The van der Waals surface area contributed by atoms with Crippen molar-refractivity contribution in [3.8, 4) is 0 Å². The van der Waals surface area contributed by atoms with E-state index in [1.54, 1.807) is 18.1 Å². The van der Waals surface area contributed by atoms with Gasteiger partial charge in [0, 0.05) is 36.3 Å². The van der Waals surface area contributed by atoms with Crippen molar-refractivity contribution >= 4 is 17.4 Å². The number of rotatable bonds is 1. The Bertz CT molecular complexity index is 817. The first-order chi connectivity index (χ1) is 12.0. The summed E-state index contributed by atoms with van der Waals surface area (Å²) in [6.45, 7) is 2.23. The third-order valence-corrected chi connectivity index (χ3v) is 6.81. The van der Waals surface area contributed by atoms with Crippen molar-refractivity contribution < 1.29 is 14.3 Å². The van der Waals surface area contributed by atoms with Crippen LogP contribution in [0.25, 0.3) is 0 Å². The summed E-state index contributed by atoms with van der Waals surface area (Å²) in [5.74, 6) is 0.708. The second-order valence-electron chi connectivity index (χ2n) is 7.85. The third kappa shape index (κ3) is 1.77. The Balaban J connectivity index is 1.61. The molecule has 0 aromatic heterocycles. The van der Waals surface area contributed by atoms with Crippen LogP contribution in [0.1, 0.15) is 25.3 Å². The minimum Gasteiger partial charge on any atom is -0.500 e. The molecule has 4 aliphatic heterocycles. The molecule has 1 N–H and O–H groups in total. The number of likely N-dealkylation sites (N-methyl/N-ethyl adjacent to an activating group) is 1. The Hall–Kier alpha value is -2.14. The van der Waals surface area contributed by atoms with E-state index < -0.39 is 5.41 Å². The molecule has 4 heterocycles. The molecule has 1 aromatic carbocycles. The molecule has 2 fully saturated rings. The van der Waals surface area contributed by atoms with Gasteiger partial charge in [-0.2, -0.15) is 0 Å². The number of carbonyl (C=O) groups excluding carboxylic acids is 2. The van der Waals surface area contributed by atoms with E-state index in [0.29, 0.717) is 6.61 Å². The van der Waals surface area contributed by atoms with Crippen LogP contribution < -0.4 is 10.2 Å². The first kappa shape index (κ1) is 15.1. The largest absolute Gasteiger partial charge is 0.500 e. The maximum absolute atomic E-state index is 13.3. The quantitative estimate of drug-likeness (QED) is 0.848. The third-order valence-electron chi connectivity index (χ3n) is 6.81. The number of hydrogen-bond donors (Lipinski definition) is 1. The molecule has 5 heteroatoms. The van der Waals surface area contributed by atoms with Gasteiger partial charge in [-0.1, -0.05) is 18.2 Å². The average Bonchev–Trinajstić information content (AvgIpc) is 3.04. The van der Waals surface area contributed by atoms with Crippen LogP contribution in [0.3, 0.4) is 0 Å². The SMILES string of the molecule is CC(=O)C1=COC[C@H]2[C@@H]3C[C@@]4(C(=O)N(C)c5ccccc54)[C@H](C[C@@H]12)N3. The van der Waals surface area contributed by atoms with Gasteiger partial charge in [0.2, 0.25) is 5.91 Å². The predicted octanol–water partition coefficient (Wildman–Crippen LogP) is 1.77. The first-order valence-electron chi connectivity index (χ1n) is 9.00. The van der Waals surface area contributed by atoms with Gasteiger partial charge in [0.15, 0.2) is 5.78 Å². The molecule has 1 spiro atoms. The topological polar surface area (TPSA) is 58.6 Å². The van der Waals surface area contributed by atoms with Crippen LogP contribution in [-0.2, 0) is 19.7 Å². The number of allylic oxidation sites excluding steroid dienone is 1. The van der Waals surface area contributed by atoms with E-state index in [2.05, 4.69) is 11.4 Å². The maximum Gasteiger partial charge on any atom is 0.239 e. The van der Waals surface area contributed by atoms with E-state index in [-0.39, 0.29) is 35.6 Å². The average molecular weight is 338 g/mol. The van der Waals surface area contributed by atoms with Crippen molar-refractivity contribution in [1.29, 1.82) is 0 Å². The minimum absolute atomic E-state index is 0.0678. The molecule has 1 amide bonds. The van der Waals surface area contributed by atoms with Crippen LogP contribution in [0.4, 0.5) is 5.69 Å². The number of fused-ring (bicyclic) bond motifs is 7. The van der Waals surface area contributed by atoms with Gasteiger partial charge in [-0.25, -0.2) is 0 Å². The smallest absolute Gasteiger partial charge is 0.239 e. The fourth-order valence-corrected chi connectivity index (χ4v) is 5.67. The minimum atomic E-state index is -0.505. The number of para-hydroxylation sites is 1. The molecule has 5 nitrogen and oxygen atoms in total. The lowest BCUT2D eigenvalue weighted by Crippen LogP contribution is -2.53. The Kier molecular flexibility index (Phi) is 2.99. The van der Waals surface area contributed by atoms with Gasteiger partial charge in [0.05, 0.1) is 18.3 Å². The summed E-state index contributed by atoms with van der Waals surface area (Å²) in [5, 5.41) is 3.71. The van der Waals surface area contributed by atoms with Gasteiger partial charge in [-0.15, -0.1) is 0 Å². The lowest BCUT2D eigenvalue weighted by molar-refractivity contribution is -0.123. The molecule has 0 radical (unpaired) electrons. The summed E-state index contributed by atoms with van der Waals surface area (Å²) in [4.78, 5) is 27.2. The van der Waals surface area contributed by atoms with Crippen LogP contribution in [-0.4, -0.2) is 37.4 Å². The number of nitrogens with one attached hydrogen (secondary N) is 1. The van der Waals surface area contributed by atoms with Crippen LogP contribution in [0.5, 0.6) is 0 Å². The number of amides is 1. The molecular weight excluding hydrogens is 316 g/mol. The van der Waals surface area contributed by atoms with E-state index >= 15 is 0 Å². The summed E-state index contributed by atoms with van der Waals surface area (Å²) in [7, 11) is 1.87. The van der Waals surface area contributed by atoms with Crippen LogP contribution in [0, 0.1) is 11.8 Å². The number of hydrogen-bond acceptors (Lipinski definition) is 4. The molecule has 2 bridgehead atoms. The Morgan fingerprint density at radius 3 is 2.96 bits per heavy atom. The van der Waals surface area contributed by atoms with Crippen molar-refractivity contribution in [2.45, 2.75) is 37.3 Å². The van der Waals surface area contributed by atoms with Crippen LogP contribution in [0.2, 0.25) is 0 Å². The molecule has 25 heavy (non-hydrogen) atoms. The monoisotopic (exact) mass is 338 g/mol. The van der Waals surface area contributed by atoms with E-state index in [0.717, 1.165) is 29.7 Å². The highest BCUT2D eigenvalue weighted by molar-refractivity contribution is 6.08. The Morgan fingerprint density at radius 2 is 2.16 bits per heavy atom. The summed E-state index contributed by atoms with van der Waals surface area (Å²) >= 11 is 0. The molecule has 130 valence electrons. The second-order valence-corrected chi connectivity index (χ2v) is 7.85. The standard InChI is InChI=1S/C20H22N2O3/c1-11(23)13-9-25-10-14-12(13)7-18-20(8-16(14)21-18)15-5-3-4-6-17(15)22(2)19(20)24/h3-6,9,12,14,16,18,21H,7-8,10H2,1-2H3/t12-,14+,16-,18-,20-/m0/s1. The molecule has 2 saturated heterocycles. The number of carbonyl (C=O) groups is 2. The van der Waals surface area contributed by atoms with Gasteiger partial charge < -0.3 is 15.0 Å². The molecule has 4 aliphatic rings. The first-order valence-corrected chi connectivity index (χ1v) is 9.00. The highest BCUT2D eigenvalue weighted by Crippen LogP contribution is 2.55. The lowest BCUT2D eigenvalue weighted by Gasteiger charge is -2.41. The molecular formula is C20H22N2O3. The number of ether oxygens (including phenoxy) is 1. The fourth-order valence-electron chi connectivity index (χ4n) is 5.67. The summed E-state index contributed by atoms with van der Waals surface area (Å²) < 4.78 is 5.61. The number of Topliss-reactive ketones (excluding diaryl/α,β-unsaturated/α-hetero) is 1. The van der Waals surface area contributed by atoms with Crippen molar-refractivity contribution in [1.82, 2.24) is 5.32 Å². The van der Waals surface area contributed by atoms with Crippen molar-refractivity contribution in [2.24, 2.45) is 11.8 Å². The molecule has 0 unspecified atom stereocenters. The number of piperidine rings is 1. The van der Waals surface area contributed by atoms with Gasteiger partial charge in [0.1, 0.15) is 0 Å². The van der Waals surface area contributed by atoms with Crippen LogP contribution in [0.15, 0.2) is 36.1 Å². The van der Waals surface area contributed by atoms with Gasteiger partial charge >= 0.3 is 0 Å². The highest BCUT2D eigenvalue weighted by atomic mass is 16.5. The van der Waals surface area contributed by atoms with Gasteiger partial charge in [-0.3, -0.25) is 9.59 Å². The van der Waals surface area contributed by atoms with Crippen LogP contribution >= 0.6 is 0 Å². The van der Waals surface area contributed by atoms with Crippen molar-refractivity contribution in [2.75, 3.05) is 18.6 Å². The zero-order valence-electron chi connectivity index (χ0n) is 14.5. The van der Waals surface area contributed by atoms with Gasteiger partial charge in [-0.05, 0) is 37.3 Å². The molecule has 1 aromatic rings. The van der Waals surface area contributed by atoms with Gasteiger partial charge in [0.25, 0.3) is 0 Å². The molecule has 5 rings (SSSR count). The summed E-state index contributed by atoms with van der Waals surface area (Å²) in [6.07, 6.45) is 3.24. The number of nitrogens with zero attached hydrogens (tertiary/aromatic N) is 1. The molecule has 0 aliphatic carbocycles. The van der Waals surface area contributed by atoms with E-state index in [4.69, 9.17) is 4.74 Å². The van der Waals surface area contributed by atoms with E-state index in [1.165, 1.54) is 0 Å². The van der Waals surface area contributed by atoms with E-state index in [1.807, 2.05) is 25.2 Å². The Labute approximate surface area is 147 Å². The lowest BCUT2D eigenvalue weighted by atomic mass is 9.72. The molecule has 0 saturated carbocycles. The number of benzene rings is 1. The predicted molar refractivity (Wildman–Crippen MR) is 93.2 cm³/mol. The van der Waals surface area contributed by atoms with E-state index in [9.17, 15) is 9.59 Å². The zero-order chi connectivity index (χ0) is 17.3. The van der Waals surface area contributed by atoms with Crippen molar-refractivity contribution in [3.05, 3.63) is 41.7 Å².